The highest BCUT2D eigenvalue weighted by Crippen LogP contribution is 2.09. The van der Waals surface area contributed by atoms with Crippen LogP contribution in [0.1, 0.15) is 32.3 Å². The van der Waals surface area contributed by atoms with Crippen LogP contribution in [0, 0.1) is 6.07 Å². The van der Waals surface area contributed by atoms with Crippen LogP contribution in [0.2, 0.25) is 0 Å². The van der Waals surface area contributed by atoms with Crippen molar-refractivity contribution >= 4 is 6.08 Å². The molecule has 0 spiro atoms. The molecule has 0 saturated carbocycles. The summed E-state index contributed by atoms with van der Waals surface area (Å²) in [5.41, 5.74) is 2.61. The summed E-state index contributed by atoms with van der Waals surface area (Å²) in [4.78, 5) is 0. The first kappa shape index (κ1) is 9.05. The van der Waals surface area contributed by atoms with Gasteiger partial charge in [-0.05, 0) is 25.0 Å². The fraction of sp³-hybridized carbons (Fsp3) is 0.333. The zero-order valence-electron chi connectivity index (χ0n) is 7.80. The minimum Gasteiger partial charge on any atom is -0.0727 e. The largest absolute Gasteiger partial charge is 0.0727 e. The predicted molar refractivity (Wildman–Crippen MR) is 53.8 cm³/mol. The molecule has 0 saturated heterocycles. The topological polar surface area (TPSA) is 0 Å². The van der Waals surface area contributed by atoms with Gasteiger partial charge in [-0.2, -0.15) is 0 Å². The van der Waals surface area contributed by atoms with Crippen LogP contribution in [0.5, 0.6) is 0 Å². The molecule has 0 unspecified atom stereocenters. The van der Waals surface area contributed by atoms with E-state index in [0.717, 1.165) is 0 Å². The van der Waals surface area contributed by atoms with E-state index >= 15 is 0 Å². The van der Waals surface area contributed by atoms with Crippen LogP contribution in [-0.2, 0) is 0 Å². The molecule has 63 valence electrons. The first-order valence-corrected chi connectivity index (χ1v) is 4.47. The van der Waals surface area contributed by atoms with Gasteiger partial charge in [0.2, 0.25) is 0 Å². The lowest BCUT2D eigenvalue weighted by atomic mass is 10.1. The van der Waals surface area contributed by atoms with Gasteiger partial charge in [-0.25, -0.2) is 0 Å². The van der Waals surface area contributed by atoms with Crippen molar-refractivity contribution in [3.8, 4) is 0 Å². The molecule has 0 N–H and O–H groups in total. The van der Waals surface area contributed by atoms with Crippen molar-refractivity contribution < 1.29 is 0 Å². The van der Waals surface area contributed by atoms with Gasteiger partial charge in [-0.15, -0.1) is 0 Å². The van der Waals surface area contributed by atoms with Gasteiger partial charge in [0.15, 0.2) is 0 Å². The summed E-state index contributed by atoms with van der Waals surface area (Å²) in [7, 11) is 0. The number of hydrogen-bond donors (Lipinski definition) is 0. The van der Waals surface area contributed by atoms with Crippen molar-refractivity contribution in [1.29, 1.82) is 0 Å². The average molecular weight is 159 g/mol. The molecule has 0 heteroatoms. The Morgan fingerprint density at radius 2 is 2.33 bits per heavy atom. The number of benzene rings is 1. The molecule has 12 heavy (non-hydrogen) atoms. The minimum absolute atomic E-state index is 1.18. The smallest absolute Gasteiger partial charge is 0.0105 e. The zero-order chi connectivity index (χ0) is 8.81. The van der Waals surface area contributed by atoms with Gasteiger partial charge < -0.3 is 0 Å². The van der Waals surface area contributed by atoms with Crippen LogP contribution in [0.25, 0.3) is 6.08 Å². The maximum absolute atomic E-state index is 3.18. The van der Waals surface area contributed by atoms with E-state index in [4.69, 9.17) is 0 Å². The van der Waals surface area contributed by atoms with Crippen molar-refractivity contribution in [2.75, 3.05) is 0 Å². The molecular formula is C12H15. The molecule has 1 radical (unpaired) electrons. The number of rotatable bonds is 3. The van der Waals surface area contributed by atoms with Gasteiger partial charge in [-0.1, -0.05) is 49.3 Å². The third-order valence-corrected chi connectivity index (χ3v) is 1.78. The molecule has 1 aromatic carbocycles. The van der Waals surface area contributed by atoms with Crippen molar-refractivity contribution in [1.82, 2.24) is 0 Å². The van der Waals surface area contributed by atoms with Gasteiger partial charge >= 0.3 is 0 Å². The summed E-state index contributed by atoms with van der Waals surface area (Å²) in [6.45, 7) is 4.37. The maximum Gasteiger partial charge on any atom is -0.0105 e. The summed E-state index contributed by atoms with van der Waals surface area (Å²) in [5, 5.41) is 0. The highest BCUT2D eigenvalue weighted by atomic mass is 13.9. The monoisotopic (exact) mass is 159 g/mol. The van der Waals surface area contributed by atoms with Gasteiger partial charge in [0.05, 0.1) is 0 Å². The highest BCUT2D eigenvalue weighted by molar-refractivity contribution is 5.51. The second-order valence-electron chi connectivity index (χ2n) is 3.06. The summed E-state index contributed by atoms with van der Waals surface area (Å²) >= 11 is 0. The van der Waals surface area contributed by atoms with E-state index < -0.39 is 0 Å². The normalized spacial score (nSPS) is 11.7. The fourth-order valence-corrected chi connectivity index (χ4v) is 1.23. The molecule has 0 aliphatic heterocycles. The lowest BCUT2D eigenvalue weighted by molar-refractivity contribution is 0.911. The maximum atomic E-state index is 3.18. The van der Waals surface area contributed by atoms with Crippen LogP contribution < -0.4 is 0 Å². The van der Waals surface area contributed by atoms with Gasteiger partial charge in [-0.3, -0.25) is 0 Å². The van der Waals surface area contributed by atoms with Crippen molar-refractivity contribution in [3.05, 3.63) is 41.5 Å². The Morgan fingerprint density at radius 1 is 1.50 bits per heavy atom. The zero-order valence-corrected chi connectivity index (χ0v) is 7.80. The van der Waals surface area contributed by atoms with Gasteiger partial charge in [0.25, 0.3) is 0 Å². The van der Waals surface area contributed by atoms with Crippen molar-refractivity contribution in [2.45, 2.75) is 26.7 Å². The Bertz CT molecular complexity index is 244. The van der Waals surface area contributed by atoms with E-state index in [0.29, 0.717) is 0 Å². The third kappa shape index (κ3) is 2.91. The second-order valence-corrected chi connectivity index (χ2v) is 3.06. The molecule has 0 aliphatic carbocycles. The highest BCUT2D eigenvalue weighted by Gasteiger charge is 1.88. The fourth-order valence-electron chi connectivity index (χ4n) is 1.23. The quantitative estimate of drug-likeness (QED) is 0.631. The molecule has 1 rings (SSSR count). The van der Waals surface area contributed by atoms with Gasteiger partial charge in [0.1, 0.15) is 0 Å². The molecule has 0 heterocycles. The Morgan fingerprint density at radius 3 is 2.92 bits per heavy atom. The van der Waals surface area contributed by atoms with Crippen molar-refractivity contribution in [2.24, 2.45) is 0 Å². The van der Waals surface area contributed by atoms with Crippen LogP contribution in [-0.4, -0.2) is 0 Å². The molecule has 0 amide bonds. The Balaban J connectivity index is 2.67. The van der Waals surface area contributed by atoms with E-state index in [2.05, 4.69) is 32.1 Å². The minimum atomic E-state index is 1.18. The molecular weight excluding hydrogens is 144 g/mol. The van der Waals surface area contributed by atoms with Crippen LogP contribution in [0.3, 0.4) is 0 Å². The van der Waals surface area contributed by atoms with E-state index in [1.807, 2.05) is 18.2 Å². The molecule has 0 aliphatic rings. The van der Waals surface area contributed by atoms with Crippen LogP contribution in [0.4, 0.5) is 0 Å². The standard InChI is InChI=1S/C12H15/c1-3-7-11(2)10-12-8-5-4-6-9-12/h4-6,8,10H,3,7H2,1-2H3. The summed E-state index contributed by atoms with van der Waals surface area (Å²) in [6, 6.07) is 11.2. The second kappa shape index (κ2) is 4.76. The number of allylic oxidation sites excluding steroid dienone is 1. The van der Waals surface area contributed by atoms with E-state index in [-0.39, 0.29) is 0 Å². The molecule has 1 aromatic rings. The molecule has 0 bridgehead atoms. The molecule has 0 atom stereocenters. The first-order chi connectivity index (χ1) is 5.83. The van der Waals surface area contributed by atoms with E-state index in [1.54, 1.807) is 0 Å². The van der Waals surface area contributed by atoms with Crippen LogP contribution in [0.15, 0.2) is 29.8 Å². The Labute approximate surface area is 74.9 Å². The van der Waals surface area contributed by atoms with E-state index in [9.17, 15) is 0 Å². The lowest BCUT2D eigenvalue weighted by Gasteiger charge is -1.97. The predicted octanol–water partition coefficient (Wildman–Crippen LogP) is 3.69. The number of hydrogen-bond acceptors (Lipinski definition) is 0. The first-order valence-electron chi connectivity index (χ1n) is 4.47. The molecule has 0 aromatic heterocycles. The Kier molecular flexibility index (Phi) is 3.59. The summed E-state index contributed by atoms with van der Waals surface area (Å²) in [6.07, 6.45) is 4.60. The van der Waals surface area contributed by atoms with E-state index in [1.165, 1.54) is 24.0 Å². The third-order valence-electron chi connectivity index (χ3n) is 1.78. The average Bonchev–Trinajstić information content (AvgIpc) is 2.06. The molecule has 0 fully saturated rings. The summed E-state index contributed by atoms with van der Waals surface area (Å²) in [5.74, 6) is 0. The summed E-state index contributed by atoms with van der Waals surface area (Å²) < 4.78 is 0. The Hall–Kier alpha value is -1.04. The lowest BCUT2D eigenvalue weighted by Crippen LogP contribution is -1.76. The van der Waals surface area contributed by atoms with Crippen LogP contribution >= 0.6 is 0 Å². The van der Waals surface area contributed by atoms with Gasteiger partial charge in [0, 0.05) is 0 Å². The SMILES string of the molecule is CCCC(C)=Cc1[c]cccc1. The molecule has 0 nitrogen and oxygen atoms in total. The van der Waals surface area contributed by atoms with Crippen molar-refractivity contribution in [3.63, 3.8) is 0 Å².